The Morgan fingerprint density at radius 2 is 2.04 bits per heavy atom. The molecule has 27 heavy (non-hydrogen) atoms. The molecule has 7 heteroatoms. The van der Waals surface area contributed by atoms with Gasteiger partial charge in [-0.25, -0.2) is 9.78 Å². The molecular formula is C20H25ClN4O2. The van der Waals surface area contributed by atoms with Gasteiger partial charge in [-0.3, -0.25) is 14.8 Å². The number of carbonyl (C=O) groups excluding carboxylic acids is 1. The second kappa shape index (κ2) is 8.23. The van der Waals surface area contributed by atoms with Crippen molar-refractivity contribution in [3.8, 4) is 0 Å². The maximum Gasteiger partial charge on any atom is 0.416 e. The Morgan fingerprint density at radius 1 is 1.30 bits per heavy atom. The van der Waals surface area contributed by atoms with E-state index in [1.807, 2.05) is 39.0 Å². The number of halogens is 1. The number of anilines is 1. The van der Waals surface area contributed by atoms with Crippen LogP contribution in [-0.2, 0) is 11.3 Å². The molecule has 0 saturated carbocycles. The zero-order valence-electron chi connectivity index (χ0n) is 15.9. The van der Waals surface area contributed by atoms with Crippen LogP contribution in [0.25, 0.3) is 0 Å². The molecule has 1 aromatic heterocycles. The van der Waals surface area contributed by atoms with Crippen molar-refractivity contribution in [1.29, 1.82) is 0 Å². The summed E-state index contributed by atoms with van der Waals surface area (Å²) < 4.78 is 5.62. The summed E-state index contributed by atoms with van der Waals surface area (Å²) >= 11 is 6.01. The Balaban J connectivity index is 1.78. The number of amides is 1. The van der Waals surface area contributed by atoms with Crippen LogP contribution in [0.5, 0.6) is 0 Å². The summed E-state index contributed by atoms with van der Waals surface area (Å²) in [4.78, 5) is 25.2. The molecule has 0 unspecified atom stereocenters. The zero-order chi connectivity index (χ0) is 19.4. The fraction of sp³-hybridized carbons (Fsp3) is 0.450. The first-order chi connectivity index (χ1) is 12.8. The topological polar surface area (TPSA) is 58.6 Å². The molecule has 2 heterocycles. The first kappa shape index (κ1) is 19.6. The number of aromatic nitrogens is 2. The summed E-state index contributed by atoms with van der Waals surface area (Å²) in [5, 5.41) is 0.250. The number of hydrogen-bond donors (Lipinski definition) is 0. The van der Waals surface area contributed by atoms with Gasteiger partial charge in [0.1, 0.15) is 10.8 Å². The zero-order valence-corrected chi connectivity index (χ0v) is 16.7. The maximum atomic E-state index is 12.9. The highest BCUT2D eigenvalue weighted by molar-refractivity contribution is 6.29. The Labute approximate surface area is 165 Å². The second-order valence-corrected chi connectivity index (χ2v) is 8.10. The van der Waals surface area contributed by atoms with Gasteiger partial charge < -0.3 is 4.74 Å². The van der Waals surface area contributed by atoms with Gasteiger partial charge in [0.25, 0.3) is 0 Å². The van der Waals surface area contributed by atoms with Crippen molar-refractivity contribution in [2.75, 3.05) is 18.0 Å². The lowest BCUT2D eigenvalue weighted by atomic mass is 10.2. The number of nitrogens with zero attached hydrogens (tertiary/aromatic N) is 4. The van der Waals surface area contributed by atoms with Crippen LogP contribution in [0.1, 0.15) is 32.8 Å². The van der Waals surface area contributed by atoms with Crippen molar-refractivity contribution >= 4 is 23.5 Å². The molecule has 1 saturated heterocycles. The van der Waals surface area contributed by atoms with E-state index in [1.54, 1.807) is 11.1 Å². The number of ether oxygens (including phenoxy) is 1. The minimum atomic E-state index is -0.594. The van der Waals surface area contributed by atoms with Crippen molar-refractivity contribution < 1.29 is 9.53 Å². The summed E-state index contributed by atoms with van der Waals surface area (Å²) in [5.74, 6) is 0.420. The molecule has 3 rings (SSSR count). The first-order valence-corrected chi connectivity index (χ1v) is 9.46. The molecule has 1 aromatic carbocycles. The van der Waals surface area contributed by atoms with E-state index in [4.69, 9.17) is 16.3 Å². The van der Waals surface area contributed by atoms with Gasteiger partial charge in [-0.05, 0) is 32.8 Å². The summed E-state index contributed by atoms with van der Waals surface area (Å²) in [6.45, 7) is 8.03. The quantitative estimate of drug-likeness (QED) is 0.787. The van der Waals surface area contributed by atoms with Crippen molar-refractivity contribution in [2.45, 2.75) is 45.4 Å². The second-order valence-electron chi connectivity index (χ2n) is 7.71. The molecule has 2 aromatic rings. The summed E-state index contributed by atoms with van der Waals surface area (Å²) in [5.41, 5.74) is 0.661. The van der Waals surface area contributed by atoms with Gasteiger partial charge in [-0.1, -0.05) is 41.9 Å². The standard InChI is InChI=1S/C20H25ClN4O2/c1-20(2,3)27-19(26)25(18-12-22-11-17(21)23-18)16-9-10-24(14-16)13-15-7-5-4-6-8-15/h4-8,11-12,16H,9-10,13-14H2,1-3H3/t16-/m1/s1. The van der Waals surface area contributed by atoms with Crippen LogP contribution >= 0.6 is 11.6 Å². The highest BCUT2D eigenvalue weighted by Crippen LogP contribution is 2.25. The predicted molar refractivity (Wildman–Crippen MR) is 106 cm³/mol. The van der Waals surface area contributed by atoms with Gasteiger partial charge >= 0.3 is 6.09 Å². The van der Waals surface area contributed by atoms with E-state index in [2.05, 4.69) is 27.0 Å². The minimum absolute atomic E-state index is 0.0451. The molecule has 0 bridgehead atoms. The molecule has 6 nitrogen and oxygen atoms in total. The largest absolute Gasteiger partial charge is 0.443 e. The van der Waals surface area contributed by atoms with E-state index >= 15 is 0 Å². The Bertz CT molecular complexity index is 779. The SMILES string of the molecule is CC(C)(C)OC(=O)N(c1cncc(Cl)n1)[C@@H]1CCN(Cc2ccccc2)C1. The third-order valence-electron chi connectivity index (χ3n) is 4.29. The van der Waals surface area contributed by atoms with Crippen LogP contribution in [-0.4, -0.2) is 45.7 Å². The highest BCUT2D eigenvalue weighted by atomic mass is 35.5. The fourth-order valence-corrected chi connectivity index (χ4v) is 3.34. The van der Waals surface area contributed by atoms with E-state index in [9.17, 15) is 4.79 Å². The van der Waals surface area contributed by atoms with Crippen molar-refractivity contribution in [3.63, 3.8) is 0 Å². The van der Waals surface area contributed by atoms with Crippen molar-refractivity contribution in [3.05, 3.63) is 53.4 Å². The molecule has 0 radical (unpaired) electrons. The molecule has 1 aliphatic rings. The van der Waals surface area contributed by atoms with E-state index < -0.39 is 11.7 Å². The Kier molecular flexibility index (Phi) is 5.97. The molecule has 1 amide bonds. The van der Waals surface area contributed by atoms with E-state index in [0.29, 0.717) is 5.82 Å². The molecule has 0 spiro atoms. The average molecular weight is 389 g/mol. The van der Waals surface area contributed by atoms with Gasteiger partial charge in [0.2, 0.25) is 0 Å². The highest BCUT2D eigenvalue weighted by Gasteiger charge is 2.35. The summed E-state index contributed by atoms with van der Waals surface area (Å²) in [7, 11) is 0. The van der Waals surface area contributed by atoms with Crippen molar-refractivity contribution in [1.82, 2.24) is 14.9 Å². The van der Waals surface area contributed by atoms with E-state index in [0.717, 1.165) is 26.1 Å². The van der Waals surface area contributed by atoms with E-state index in [1.165, 1.54) is 11.8 Å². The average Bonchev–Trinajstić information content (AvgIpc) is 3.02. The molecule has 144 valence electrons. The van der Waals surface area contributed by atoms with Crippen LogP contribution in [0.15, 0.2) is 42.7 Å². The van der Waals surface area contributed by atoms with Gasteiger partial charge in [-0.2, -0.15) is 0 Å². The molecule has 1 aliphatic heterocycles. The van der Waals surface area contributed by atoms with Crippen molar-refractivity contribution in [2.24, 2.45) is 0 Å². The lowest BCUT2D eigenvalue weighted by Crippen LogP contribution is -2.45. The summed E-state index contributed by atoms with van der Waals surface area (Å²) in [6.07, 6.45) is 3.41. The number of hydrogen-bond acceptors (Lipinski definition) is 5. The van der Waals surface area contributed by atoms with Crippen LogP contribution in [0, 0.1) is 0 Å². The lowest BCUT2D eigenvalue weighted by molar-refractivity contribution is 0.0564. The van der Waals surface area contributed by atoms with Gasteiger partial charge in [0.15, 0.2) is 5.82 Å². The Hall–Kier alpha value is -2.18. The molecule has 1 fully saturated rings. The lowest BCUT2D eigenvalue weighted by Gasteiger charge is -2.30. The third-order valence-corrected chi connectivity index (χ3v) is 4.47. The van der Waals surface area contributed by atoms with Gasteiger partial charge in [-0.15, -0.1) is 0 Å². The first-order valence-electron chi connectivity index (χ1n) is 9.08. The fourth-order valence-electron chi connectivity index (χ4n) is 3.20. The summed E-state index contributed by atoms with van der Waals surface area (Å²) in [6, 6.07) is 10.3. The monoisotopic (exact) mass is 388 g/mol. The number of rotatable bonds is 4. The minimum Gasteiger partial charge on any atom is -0.443 e. The van der Waals surface area contributed by atoms with Gasteiger partial charge in [0, 0.05) is 19.6 Å². The van der Waals surface area contributed by atoms with Crippen LogP contribution in [0.3, 0.4) is 0 Å². The normalized spacial score (nSPS) is 17.7. The third kappa shape index (κ3) is 5.40. The van der Waals surface area contributed by atoms with Crippen LogP contribution < -0.4 is 4.90 Å². The van der Waals surface area contributed by atoms with Gasteiger partial charge in [0.05, 0.1) is 18.4 Å². The van der Waals surface area contributed by atoms with Crippen LogP contribution in [0.2, 0.25) is 5.15 Å². The number of carbonyl (C=O) groups is 1. The molecular weight excluding hydrogens is 364 g/mol. The number of benzene rings is 1. The molecule has 0 aliphatic carbocycles. The number of likely N-dealkylation sites (tertiary alicyclic amines) is 1. The Morgan fingerprint density at radius 3 is 2.70 bits per heavy atom. The van der Waals surface area contributed by atoms with E-state index in [-0.39, 0.29) is 11.2 Å². The molecule has 1 atom stereocenters. The smallest absolute Gasteiger partial charge is 0.416 e. The maximum absolute atomic E-state index is 12.9. The molecule has 0 N–H and O–H groups in total. The predicted octanol–water partition coefficient (Wildman–Crippen LogP) is 4.15. The van der Waals surface area contributed by atoms with Crippen LogP contribution in [0.4, 0.5) is 10.6 Å².